The summed E-state index contributed by atoms with van der Waals surface area (Å²) in [5.41, 5.74) is 8.76. The third-order valence-corrected chi connectivity index (χ3v) is 5.17. The van der Waals surface area contributed by atoms with E-state index >= 15 is 0 Å². The zero-order valence-electron chi connectivity index (χ0n) is 19.7. The smallest absolute Gasteiger partial charge is 0.480 e. The van der Waals surface area contributed by atoms with Crippen LogP contribution in [-0.4, -0.2) is 58.6 Å². The van der Waals surface area contributed by atoms with Gasteiger partial charge in [0.25, 0.3) is 5.91 Å². The number of carboxylic acids is 2. The number of nitrogens with one attached hydrogen (secondary N) is 2. The van der Waals surface area contributed by atoms with Crippen LogP contribution >= 0.6 is 12.6 Å². The molecule has 8 nitrogen and oxygen atoms in total. The first-order chi connectivity index (χ1) is 16.8. The Hall–Kier alpha value is -3.25. The van der Waals surface area contributed by atoms with Crippen LogP contribution in [0.2, 0.25) is 0 Å². The Morgan fingerprint density at radius 3 is 2.11 bits per heavy atom. The number of nitrogens with two attached hydrogens (primary N) is 1. The van der Waals surface area contributed by atoms with Crippen molar-refractivity contribution < 1.29 is 37.8 Å². The second kappa shape index (κ2) is 14.3. The van der Waals surface area contributed by atoms with Crippen molar-refractivity contribution in [2.24, 2.45) is 11.7 Å². The molecule has 2 rings (SSSR count). The average Bonchev–Trinajstić information content (AvgIpc) is 2.81. The molecule has 6 N–H and O–H groups in total. The molecule has 0 heterocycles. The zero-order valence-corrected chi connectivity index (χ0v) is 20.6. The first kappa shape index (κ1) is 30.8. The van der Waals surface area contributed by atoms with Crippen molar-refractivity contribution in [3.05, 3.63) is 54.1 Å². The zero-order chi connectivity index (χ0) is 27.5. The predicted molar refractivity (Wildman–Crippen MR) is 134 cm³/mol. The minimum Gasteiger partial charge on any atom is -0.480 e. The van der Waals surface area contributed by atoms with Crippen LogP contribution in [0.1, 0.15) is 30.6 Å². The molecule has 36 heavy (non-hydrogen) atoms. The van der Waals surface area contributed by atoms with Crippen molar-refractivity contribution in [2.75, 3.05) is 17.6 Å². The fourth-order valence-corrected chi connectivity index (χ4v) is 3.08. The van der Waals surface area contributed by atoms with Crippen LogP contribution in [0, 0.1) is 5.92 Å². The Labute approximate surface area is 212 Å². The van der Waals surface area contributed by atoms with Gasteiger partial charge in [-0.25, -0.2) is 9.59 Å². The maximum absolute atomic E-state index is 12.9. The number of alkyl halides is 3. The van der Waals surface area contributed by atoms with E-state index in [0.717, 1.165) is 16.8 Å². The Balaban J connectivity index is 0.000000809. The van der Waals surface area contributed by atoms with E-state index in [-0.39, 0.29) is 12.0 Å². The van der Waals surface area contributed by atoms with Crippen molar-refractivity contribution in [1.29, 1.82) is 0 Å². The molecule has 2 aromatic rings. The number of carbonyl (C=O) groups excluding carboxylic acids is 1. The van der Waals surface area contributed by atoms with Crippen molar-refractivity contribution in [1.82, 2.24) is 5.32 Å². The van der Waals surface area contributed by atoms with Crippen LogP contribution in [0.15, 0.2) is 48.5 Å². The molecule has 0 aliphatic carbocycles. The summed E-state index contributed by atoms with van der Waals surface area (Å²) in [5, 5.41) is 22.5. The molecule has 0 radical (unpaired) electrons. The normalized spacial score (nSPS) is 12.7. The van der Waals surface area contributed by atoms with Gasteiger partial charge in [-0.15, -0.1) is 0 Å². The largest absolute Gasteiger partial charge is 0.490 e. The summed E-state index contributed by atoms with van der Waals surface area (Å²) in [4.78, 5) is 33.4. The monoisotopic (exact) mass is 529 g/mol. The van der Waals surface area contributed by atoms with Crippen molar-refractivity contribution in [2.45, 2.75) is 38.5 Å². The Bertz CT molecular complexity index is 1020. The second-order valence-corrected chi connectivity index (χ2v) is 8.61. The van der Waals surface area contributed by atoms with Crippen molar-refractivity contribution in [3.63, 3.8) is 0 Å². The minimum absolute atomic E-state index is 0.0890. The lowest BCUT2D eigenvalue weighted by atomic mass is 9.97. The van der Waals surface area contributed by atoms with E-state index in [0.29, 0.717) is 24.3 Å². The first-order valence-corrected chi connectivity index (χ1v) is 11.5. The Morgan fingerprint density at radius 1 is 1.06 bits per heavy atom. The van der Waals surface area contributed by atoms with E-state index in [9.17, 15) is 27.9 Å². The van der Waals surface area contributed by atoms with E-state index in [4.69, 9.17) is 15.6 Å². The van der Waals surface area contributed by atoms with Crippen LogP contribution in [-0.2, 0) is 9.59 Å². The molecule has 0 aromatic heterocycles. The molecule has 0 saturated heterocycles. The number of carboxylic acid groups (broad SMARTS) is 2. The van der Waals surface area contributed by atoms with Gasteiger partial charge < -0.3 is 26.6 Å². The van der Waals surface area contributed by atoms with Gasteiger partial charge in [-0.3, -0.25) is 4.79 Å². The summed E-state index contributed by atoms with van der Waals surface area (Å²) in [6.07, 6.45) is -4.72. The number of amides is 1. The summed E-state index contributed by atoms with van der Waals surface area (Å²) < 4.78 is 31.7. The van der Waals surface area contributed by atoms with E-state index in [1.807, 2.05) is 50.2 Å². The summed E-state index contributed by atoms with van der Waals surface area (Å²) in [7, 11) is 0. The highest BCUT2D eigenvalue weighted by Crippen LogP contribution is 2.27. The molecule has 2 atom stereocenters. The van der Waals surface area contributed by atoms with E-state index in [2.05, 4.69) is 23.3 Å². The lowest BCUT2D eigenvalue weighted by Crippen LogP contribution is -2.41. The quantitative estimate of drug-likeness (QED) is 0.257. The summed E-state index contributed by atoms with van der Waals surface area (Å²) in [6, 6.07) is 13.9. The number of thiol groups is 1. The van der Waals surface area contributed by atoms with Gasteiger partial charge >= 0.3 is 18.1 Å². The fourth-order valence-electron chi connectivity index (χ4n) is 2.95. The summed E-state index contributed by atoms with van der Waals surface area (Å²) in [5.74, 6) is -3.49. The van der Waals surface area contributed by atoms with Crippen molar-refractivity contribution in [3.8, 4) is 11.1 Å². The third-order valence-electron chi connectivity index (χ3n) is 4.70. The van der Waals surface area contributed by atoms with Crippen LogP contribution in [0.25, 0.3) is 11.1 Å². The van der Waals surface area contributed by atoms with Gasteiger partial charge in [-0.2, -0.15) is 25.8 Å². The van der Waals surface area contributed by atoms with E-state index in [1.54, 1.807) is 12.1 Å². The van der Waals surface area contributed by atoms with E-state index in [1.165, 1.54) is 0 Å². The van der Waals surface area contributed by atoms with Crippen LogP contribution < -0.4 is 16.4 Å². The molecule has 0 fully saturated rings. The molecule has 0 bridgehead atoms. The first-order valence-electron chi connectivity index (χ1n) is 10.9. The fraction of sp³-hybridized carbons (Fsp3) is 0.375. The molecule has 198 valence electrons. The standard InChI is InChI=1S/C22H29N3O3S.C2HF3O2/c1-14(2)10-20(22(27)28)25-21(26)18-9-8-17(24-12-16(23)13-29)11-19(18)15-6-4-3-5-7-15;3-2(4,5)1(6)7/h3-9,11,14,16,20,24,29H,10,12-13,23H2,1-2H3,(H,25,26)(H,27,28);(H,6,7)/t16-,20+;/m1./s1. The molecule has 12 heteroatoms. The molecule has 2 aromatic carbocycles. The Kier molecular flexibility index (Phi) is 12.3. The van der Waals surface area contributed by atoms with E-state index < -0.39 is 30.1 Å². The number of hydrogen-bond acceptors (Lipinski definition) is 6. The molecule has 0 saturated carbocycles. The Morgan fingerprint density at radius 2 is 1.64 bits per heavy atom. The average molecular weight is 530 g/mol. The number of aliphatic carboxylic acids is 2. The number of benzene rings is 2. The highest BCUT2D eigenvalue weighted by Gasteiger charge is 2.38. The van der Waals surface area contributed by atoms with Crippen LogP contribution in [0.3, 0.4) is 0 Å². The van der Waals surface area contributed by atoms with Crippen LogP contribution in [0.4, 0.5) is 18.9 Å². The molecule has 0 unspecified atom stereocenters. The second-order valence-electron chi connectivity index (χ2n) is 8.25. The molecular formula is C24H30F3N3O5S. The topological polar surface area (TPSA) is 142 Å². The van der Waals surface area contributed by atoms with Gasteiger partial charge in [0, 0.05) is 29.6 Å². The number of anilines is 1. The SMILES string of the molecule is CC(C)C[C@H](NC(=O)c1ccc(NC[C@@H](N)CS)cc1-c1ccccc1)C(=O)O.O=C(O)C(F)(F)F. The predicted octanol–water partition coefficient (Wildman–Crippen LogP) is 3.89. The summed E-state index contributed by atoms with van der Waals surface area (Å²) >= 11 is 4.19. The number of hydrogen-bond donors (Lipinski definition) is 6. The van der Waals surface area contributed by atoms with Gasteiger partial charge in [0.2, 0.25) is 0 Å². The maximum Gasteiger partial charge on any atom is 0.490 e. The molecule has 0 aliphatic heterocycles. The summed E-state index contributed by atoms with van der Waals surface area (Å²) in [6.45, 7) is 4.40. The van der Waals surface area contributed by atoms with Gasteiger partial charge in [0.1, 0.15) is 6.04 Å². The van der Waals surface area contributed by atoms with Gasteiger partial charge in [0.05, 0.1) is 0 Å². The van der Waals surface area contributed by atoms with Crippen LogP contribution in [0.5, 0.6) is 0 Å². The van der Waals surface area contributed by atoms with Gasteiger partial charge in [-0.1, -0.05) is 44.2 Å². The number of rotatable bonds is 10. The molecule has 0 aliphatic rings. The van der Waals surface area contributed by atoms with Gasteiger partial charge in [0.15, 0.2) is 0 Å². The highest BCUT2D eigenvalue weighted by molar-refractivity contribution is 7.80. The minimum atomic E-state index is -5.08. The molecular weight excluding hydrogens is 499 g/mol. The van der Waals surface area contributed by atoms with Crippen molar-refractivity contribution >= 4 is 36.2 Å². The molecule has 1 amide bonds. The third kappa shape index (κ3) is 10.6. The lowest BCUT2D eigenvalue weighted by Gasteiger charge is -2.19. The highest BCUT2D eigenvalue weighted by atomic mass is 32.1. The molecule has 0 spiro atoms. The number of halogens is 3. The lowest BCUT2D eigenvalue weighted by molar-refractivity contribution is -0.192. The number of carbonyl (C=O) groups is 3. The maximum atomic E-state index is 12.9. The van der Waals surface area contributed by atoms with Gasteiger partial charge in [-0.05, 0) is 41.7 Å².